The molecule has 0 spiro atoms. The molecule has 0 radical (unpaired) electrons. The van der Waals surface area contributed by atoms with Crippen molar-refractivity contribution in [3.8, 4) is 23.0 Å². The maximum atomic E-state index is 12.4. The van der Waals surface area contributed by atoms with Crippen molar-refractivity contribution in [1.82, 2.24) is 0 Å². The van der Waals surface area contributed by atoms with Gasteiger partial charge in [-0.25, -0.2) is 0 Å². The van der Waals surface area contributed by atoms with Crippen molar-refractivity contribution in [2.24, 2.45) is 0 Å². The molecule has 0 N–H and O–H groups in total. The van der Waals surface area contributed by atoms with Gasteiger partial charge >= 0.3 is 0 Å². The van der Waals surface area contributed by atoms with Gasteiger partial charge in [-0.05, 0) is 82.3 Å². The molecule has 50 heavy (non-hydrogen) atoms. The smallest absolute Gasteiger partial charge is 0.150 e. The van der Waals surface area contributed by atoms with Gasteiger partial charge in [0.25, 0.3) is 0 Å². The van der Waals surface area contributed by atoms with Crippen LogP contribution < -0.4 is 18.9 Å². The van der Waals surface area contributed by atoms with Crippen LogP contribution in [0.5, 0.6) is 23.0 Å². The minimum absolute atomic E-state index is 0.589. The molecule has 0 heterocycles. The van der Waals surface area contributed by atoms with Crippen LogP contribution in [0.4, 0.5) is 0 Å². The average Bonchev–Trinajstić information content (AvgIpc) is 3.12. The molecule has 0 saturated heterocycles. The van der Waals surface area contributed by atoms with Gasteiger partial charge in [0.15, 0.2) is 0 Å². The molecule has 266 valence electrons. The Hall–Kier alpha value is -4.25. The molecule has 5 nitrogen and oxygen atoms in total. The fourth-order valence-electron chi connectivity index (χ4n) is 6.70. The second-order valence-electron chi connectivity index (χ2n) is 13.5. The molecule has 0 aromatic heterocycles. The minimum Gasteiger partial charge on any atom is -0.493 e. The molecule has 0 atom stereocenters. The molecule has 5 rings (SSSR count). The van der Waals surface area contributed by atoms with Crippen molar-refractivity contribution in [1.29, 1.82) is 0 Å². The number of benzene rings is 4. The molecule has 4 aromatic rings. The van der Waals surface area contributed by atoms with E-state index in [9.17, 15) is 4.79 Å². The fraction of sp³-hybridized carbons (Fsp3) is 0.444. The van der Waals surface area contributed by atoms with Crippen LogP contribution >= 0.6 is 0 Å². The van der Waals surface area contributed by atoms with Gasteiger partial charge in [0.1, 0.15) is 29.3 Å². The topological polar surface area (TPSA) is 54.0 Å². The van der Waals surface area contributed by atoms with E-state index in [4.69, 9.17) is 18.9 Å². The Kier molecular flexibility index (Phi) is 14.2. The van der Waals surface area contributed by atoms with Crippen molar-refractivity contribution < 1.29 is 23.7 Å². The highest BCUT2D eigenvalue weighted by atomic mass is 16.5. The van der Waals surface area contributed by atoms with Gasteiger partial charge in [-0.2, -0.15) is 0 Å². The van der Waals surface area contributed by atoms with Crippen molar-refractivity contribution in [3.05, 3.63) is 117 Å². The molecule has 5 heteroatoms. The SMILES string of the molecule is CCCCOc1c2cccc1Cc1cccc(c1OCCCC)Cc1cc(C=O)cc(c1OCCCC)Cc1cccc(c1OCCCC)C2. The zero-order valence-electron chi connectivity index (χ0n) is 30.8. The van der Waals surface area contributed by atoms with Crippen LogP contribution in [0.1, 0.15) is 134 Å². The normalized spacial score (nSPS) is 12.3. The van der Waals surface area contributed by atoms with Gasteiger partial charge in [0, 0.05) is 31.2 Å². The standard InChI is InChI=1S/C45H56O5/c1-5-9-22-47-42-34-16-13-17-35(42)29-37-19-15-21-39(44(37)49-24-11-7-3)31-41-27-33(32-46)26-40(45(41)50-25-12-8-4)30-38-20-14-18-36(28-34)43(38)48-23-10-6-2/h13-21,26-27,32H,5-12,22-25,28-31H2,1-4H3. The first-order valence-electron chi connectivity index (χ1n) is 19.0. The van der Waals surface area contributed by atoms with Gasteiger partial charge in [-0.15, -0.1) is 0 Å². The largest absolute Gasteiger partial charge is 0.493 e. The monoisotopic (exact) mass is 676 g/mol. The number of aldehydes is 1. The Bertz CT molecular complexity index is 1580. The van der Waals surface area contributed by atoms with Gasteiger partial charge in [-0.3, -0.25) is 4.79 Å². The number of carbonyl (C=O) groups excluding carboxylic acids is 1. The van der Waals surface area contributed by atoms with Crippen molar-refractivity contribution in [2.45, 2.75) is 105 Å². The Morgan fingerprint density at radius 3 is 0.960 bits per heavy atom. The highest BCUT2D eigenvalue weighted by Gasteiger charge is 2.22. The van der Waals surface area contributed by atoms with E-state index < -0.39 is 0 Å². The Morgan fingerprint density at radius 2 is 0.700 bits per heavy atom. The van der Waals surface area contributed by atoms with Gasteiger partial charge in [0.05, 0.1) is 26.4 Å². The maximum absolute atomic E-state index is 12.4. The van der Waals surface area contributed by atoms with E-state index in [-0.39, 0.29) is 0 Å². The number of ether oxygens (including phenoxy) is 4. The number of unbranched alkanes of at least 4 members (excludes halogenated alkanes) is 4. The van der Waals surface area contributed by atoms with Crippen LogP contribution in [-0.2, 0) is 25.7 Å². The zero-order valence-corrected chi connectivity index (χ0v) is 30.8. The number of para-hydroxylation sites is 3. The lowest BCUT2D eigenvalue weighted by Gasteiger charge is -2.23. The summed E-state index contributed by atoms with van der Waals surface area (Å²) >= 11 is 0. The summed E-state index contributed by atoms with van der Waals surface area (Å²) in [6.07, 6.45) is 11.6. The van der Waals surface area contributed by atoms with Gasteiger partial charge in [-0.1, -0.05) is 108 Å². The van der Waals surface area contributed by atoms with Crippen molar-refractivity contribution in [2.75, 3.05) is 26.4 Å². The molecule has 0 fully saturated rings. The van der Waals surface area contributed by atoms with Gasteiger partial charge in [0.2, 0.25) is 0 Å². The first-order valence-corrected chi connectivity index (χ1v) is 19.0. The lowest BCUT2D eigenvalue weighted by Crippen LogP contribution is -2.10. The third-order valence-corrected chi connectivity index (χ3v) is 9.44. The lowest BCUT2D eigenvalue weighted by atomic mass is 9.90. The predicted octanol–water partition coefficient (Wildman–Crippen LogP) is 10.9. The molecule has 0 saturated carbocycles. The van der Waals surface area contributed by atoms with E-state index in [0.717, 1.165) is 125 Å². The average molecular weight is 677 g/mol. The van der Waals surface area contributed by atoms with E-state index >= 15 is 0 Å². The first-order chi connectivity index (χ1) is 24.6. The summed E-state index contributed by atoms with van der Waals surface area (Å²) in [5.41, 5.74) is 9.41. The Labute approximate surface area is 300 Å². The van der Waals surface area contributed by atoms with Crippen LogP contribution in [0, 0.1) is 0 Å². The number of fused-ring (bicyclic) bond motifs is 8. The third kappa shape index (κ3) is 9.50. The molecule has 0 amide bonds. The van der Waals surface area contributed by atoms with Crippen LogP contribution in [-0.4, -0.2) is 32.7 Å². The van der Waals surface area contributed by atoms with E-state index in [2.05, 4.69) is 82.3 Å². The Morgan fingerprint density at radius 1 is 0.440 bits per heavy atom. The lowest BCUT2D eigenvalue weighted by molar-refractivity contribution is 0.112. The molecule has 8 bridgehead atoms. The summed E-state index contributed by atoms with van der Waals surface area (Å²) in [5.74, 6) is 3.68. The van der Waals surface area contributed by atoms with Crippen molar-refractivity contribution in [3.63, 3.8) is 0 Å². The number of hydrogen-bond acceptors (Lipinski definition) is 5. The van der Waals surface area contributed by atoms with Crippen LogP contribution in [0.2, 0.25) is 0 Å². The highest BCUT2D eigenvalue weighted by Crippen LogP contribution is 2.39. The summed E-state index contributed by atoms with van der Waals surface area (Å²) in [7, 11) is 0. The summed E-state index contributed by atoms with van der Waals surface area (Å²) < 4.78 is 26.6. The van der Waals surface area contributed by atoms with E-state index in [1.54, 1.807) is 0 Å². The quantitative estimate of drug-likeness (QED) is 0.0725. The van der Waals surface area contributed by atoms with E-state index in [1.807, 2.05) is 12.1 Å². The molecule has 0 unspecified atom stereocenters. The zero-order chi connectivity index (χ0) is 35.1. The number of carbonyl (C=O) groups is 1. The molecular formula is C45H56O5. The predicted molar refractivity (Wildman–Crippen MR) is 204 cm³/mol. The molecule has 1 aliphatic rings. The first kappa shape index (κ1) is 37.0. The van der Waals surface area contributed by atoms with Gasteiger partial charge < -0.3 is 18.9 Å². The maximum Gasteiger partial charge on any atom is 0.150 e. The summed E-state index contributed by atoms with van der Waals surface area (Å²) in [4.78, 5) is 12.4. The van der Waals surface area contributed by atoms with Crippen molar-refractivity contribution >= 4 is 6.29 Å². The molecule has 1 aliphatic carbocycles. The van der Waals surface area contributed by atoms with Crippen LogP contribution in [0.15, 0.2) is 66.7 Å². The third-order valence-electron chi connectivity index (χ3n) is 9.44. The molecule has 0 aliphatic heterocycles. The molecule has 4 aromatic carbocycles. The summed E-state index contributed by atoms with van der Waals surface area (Å²) in [5, 5.41) is 0. The fourth-order valence-corrected chi connectivity index (χ4v) is 6.70. The summed E-state index contributed by atoms with van der Waals surface area (Å²) in [6.45, 7) is 11.3. The highest BCUT2D eigenvalue weighted by molar-refractivity contribution is 5.77. The summed E-state index contributed by atoms with van der Waals surface area (Å²) in [6, 6.07) is 23.5. The Balaban J connectivity index is 1.75. The number of hydrogen-bond donors (Lipinski definition) is 0. The second kappa shape index (κ2) is 19.2. The number of rotatable bonds is 17. The van der Waals surface area contributed by atoms with E-state index in [0.29, 0.717) is 57.7 Å². The van der Waals surface area contributed by atoms with Crippen LogP contribution in [0.25, 0.3) is 0 Å². The molecular weight excluding hydrogens is 620 g/mol. The minimum atomic E-state index is 0.589. The van der Waals surface area contributed by atoms with Crippen LogP contribution in [0.3, 0.4) is 0 Å². The van der Waals surface area contributed by atoms with E-state index in [1.165, 1.54) is 0 Å². The second-order valence-corrected chi connectivity index (χ2v) is 13.5.